The Hall–Kier alpha value is -3.57. The van der Waals surface area contributed by atoms with Crippen molar-refractivity contribution < 1.29 is 33.3 Å². The molecule has 9 nitrogen and oxygen atoms in total. The van der Waals surface area contributed by atoms with Gasteiger partial charge in [-0.3, -0.25) is 4.79 Å². The topological polar surface area (TPSA) is 91.8 Å². The van der Waals surface area contributed by atoms with Crippen LogP contribution < -0.4 is 14.5 Å². The van der Waals surface area contributed by atoms with Crippen LogP contribution in [-0.2, 0) is 16.0 Å². The number of carbonyl (C=O) groups excluding carboxylic acids is 1. The van der Waals surface area contributed by atoms with Crippen molar-refractivity contribution in [1.82, 2.24) is 4.90 Å². The zero-order valence-corrected chi connectivity index (χ0v) is 27.3. The minimum Gasteiger partial charge on any atom is -0.478 e. The highest BCUT2D eigenvalue weighted by Gasteiger charge is 2.52. The lowest BCUT2D eigenvalue weighted by molar-refractivity contribution is -0.0731. The predicted molar refractivity (Wildman–Crippen MR) is 175 cm³/mol. The van der Waals surface area contributed by atoms with Gasteiger partial charge in [0, 0.05) is 48.0 Å². The number of amides is 1. The number of halogens is 3. The second-order valence-electron chi connectivity index (χ2n) is 13.5. The van der Waals surface area contributed by atoms with Crippen LogP contribution in [0.2, 0.25) is 10.0 Å². The number of carboxylic acids is 1. The average molecular weight is 683 g/mol. The third-order valence-corrected chi connectivity index (χ3v) is 11.1. The first-order chi connectivity index (χ1) is 22.6. The molecular weight excluding hydrogens is 648 g/mol. The molecule has 1 amide bonds. The maximum absolute atomic E-state index is 15.7. The number of morpholine rings is 1. The van der Waals surface area contributed by atoms with Crippen molar-refractivity contribution in [3.8, 4) is 16.9 Å². The van der Waals surface area contributed by atoms with E-state index in [4.69, 9.17) is 37.4 Å². The van der Waals surface area contributed by atoms with Gasteiger partial charge in [0.15, 0.2) is 6.73 Å². The van der Waals surface area contributed by atoms with Crippen LogP contribution in [0.3, 0.4) is 0 Å². The molecule has 3 aromatic rings. The molecule has 47 heavy (non-hydrogen) atoms. The third kappa shape index (κ3) is 5.12. The van der Waals surface area contributed by atoms with Crippen LogP contribution >= 0.6 is 23.2 Å². The molecule has 246 valence electrons. The molecule has 1 N–H and O–H groups in total. The molecule has 8 rings (SSSR count). The molecule has 3 saturated heterocycles. The van der Waals surface area contributed by atoms with Crippen molar-refractivity contribution in [2.24, 2.45) is 5.41 Å². The maximum atomic E-state index is 15.7. The molecule has 2 bridgehead atoms. The fourth-order valence-electron chi connectivity index (χ4n) is 8.17. The minimum absolute atomic E-state index is 0.0346. The van der Waals surface area contributed by atoms with E-state index in [1.54, 1.807) is 37.4 Å². The Morgan fingerprint density at radius 2 is 1.72 bits per heavy atom. The molecule has 1 saturated carbocycles. The molecule has 4 aliphatic heterocycles. The summed E-state index contributed by atoms with van der Waals surface area (Å²) >= 11 is 13.4. The Bertz CT molecular complexity index is 1750. The zero-order valence-electron chi connectivity index (χ0n) is 25.8. The first-order valence-corrected chi connectivity index (χ1v) is 16.6. The van der Waals surface area contributed by atoms with Gasteiger partial charge < -0.3 is 34.0 Å². The van der Waals surface area contributed by atoms with Gasteiger partial charge in [-0.2, -0.15) is 0 Å². The Kier molecular flexibility index (Phi) is 7.55. The van der Waals surface area contributed by atoms with Crippen LogP contribution in [0.1, 0.15) is 52.0 Å². The van der Waals surface area contributed by atoms with Gasteiger partial charge in [0.1, 0.15) is 11.6 Å². The Balaban J connectivity index is 1.04. The van der Waals surface area contributed by atoms with Crippen molar-refractivity contribution in [2.75, 3.05) is 49.9 Å². The van der Waals surface area contributed by atoms with Gasteiger partial charge in [-0.05, 0) is 49.9 Å². The summed E-state index contributed by atoms with van der Waals surface area (Å²) in [6, 6.07) is 11.7. The summed E-state index contributed by atoms with van der Waals surface area (Å²) in [6.07, 6.45) is 4.19. The number of hydrogen-bond acceptors (Lipinski definition) is 7. The number of para-hydroxylation sites is 1. The lowest BCUT2D eigenvalue weighted by atomic mass is 9.61. The van der Waals surface area contributed by atoms with Gasteiger partial charge >= 0.3 is 5.97 Å². The highest BCUT2D eigenvalue weighted by molar-refractivity contribution is 6.40. The summed E-state index contributed by atoms with van der Waals surface area (Å²) in [7, 11) is 1.75. The van der Waals surface area contributed by atoms with E-state index in [0.717, 1.165) is 50.5 Å². The smallest absolute Gasteiger partial charge is 0.337 e. The van der Waals surface area contributed by atoms with E-state index < -0.39 is 11.8 Å². The lowest BCUT2D eigenvalue weighted by Gasteiger charge is -2.59. The molecular formula is C35H34Cl2FN3O6. The van der Waals surface area contributed by atoms with E-state index in [1.807, 2.05) is 6.07 Å². The average Bonchev–Trinajstić information content (AvgIpc) is 3.25. The van der Waals surface area contributed by atoms with Crippen LogP contribution in [0.5, 0.6) is 5.75 Å². The Morgan fingerprint density at radius 1 is 1.02 bits per heavy atom. The van der Waals surface area contributed by atoms with Crippen LogP contribution in [-0.4, -0.2) is 80.2 Å². The molecule has 2 atom stereocenters. The molecule has 0 aromatic heterocycles. The van der Waals surface area contributed by atoms with E-state index in [9.17, 15) is 14.7 Å². The molecule has 5 aliphatic rings. The molecule has 4 heterocycles. The molecule has 12 heteroatoms. The van der Waals surface area contributed by atoms with Crippen LogP contribution in [0, 0.1) is 11.2 Å². The quantitative estimate of drug-likeness (QED) is 0.317. The number of rotatable bonds is 6. The van der Waals surface area contributed by atoms with Gasteiger partial charge in [-0.25, -0.2) is 9.18 Å². The summed E-state index contributed by atoms with van der Waals surface area (Å²) < 4.78 is 33.0. The fraction of sp³-hybridized carbons (Fsp3) is 0.429. The monoisotopic (exact) mass is 681 g/mol. The molecule has 1 aliphatic carbocycles. The van der Waals surface area contributed by atoms with E-state index in [0.29, 0.717) is 41.9 Å². The van der Waals surface area contributed by atoms with Crippen molar-refractivity contribution in [2.45, 2.75) is 50.4 Å². The van der Waals surface area contributed by atoms with Crippen molar-refractivity contribution >= 4 is 46.5 Å². The summed E-state index contributed by atoms with van der Waals surface area (Å²) in [5.41, 5.74) is 3.18. The molecule has 2 unspecified atom stereocenters. The first-order valence-electron chi connectivity index (χ1n) is 15.9. The Labute approximate surface area is 281 Å². The third-order valence-electron chi connectivity index (χ3n) is 10.5. The highest BCUT2D eigenvalue weighted by Crippen LogP contribution is 2.51. The lowest BCUT2D eigenvalue weighted by Crippen LogP contribution is -2.64. The van der Waals surface area contributed by atoms with E-state index in [-0.39, 0.29) is 63.4 Å². The maximum Gasteiger partial charge on any atom is 0.337 e. The van der Waals surface area contributed by atoms with Crippen molar-refractivity contribution in [3.63, 3.8) is 0 Å². The number of nitrogens with zero attached hydrogens (tertiary/aromatic N) is 3. The van der Waals surface area contributed by atoms with Gasteiger partial charge in [0.25, 0.3) is 5.91 Å². The molecule has 0 radical (unpaired) electrons. The SMILES string of the molecule is COC1CC2(C1)CN(c1cc(Cl)c(C(=O)N3COc4c(cccc4-c4cc(N5C6CCC5COC6)c(C(=O)O)cc4F)C3)c(Cl)c1)C2. The van der Waals surface area contributed by atoms with Gasteiger partial charge in [0.05, 0.1) is 64.8 Å². The van der Waals surface area contributed by atoms with Gasteiger partial charge in [0.2, 0.25) is 0 Å². The molecule has 1 spiro atoms. The van der Waals surface area contributed by atoms with Crippen molar-refractivity contribution in [3.05, 3.63) is 75.0 Å². The van der Waals surface area contributed by atoms with Gasteiger partial charge in [-0.1, -0.05) is 41.4 Å². The second-order valence-corrected chi connectivity index (χ2v) is 14.3. The Morgan fingerprint density at radius 3 is 2.38 bits per heavy atom. The number of benzene rings is 3. The minimum atomic E-state index is -1.19. The number of aromatic carboxylic acids is 1. The number of fused-ring (bicyclic) bond motifs is 3. The van der Waals surface area contributed by atoms with Crippen LogP contribution in [0.15, 0.2) is 42.5 Å². The number of anilines is 2. The highest BCUT2D eigenvalue weighted by atomic mass is 35.5. The zero-order chi connectivity index (χ0) is 32.6. The summed E-state index contributed by atoms with van der Waals surface area (Å²) in [5.74, 6) is -1.77. The second kappa shape index (κ2) is 11.5. The standard InChI is InChI=1S/C35H34Cl2FN3O6/c1-45-23-11-35(12-23)16-40(17-35)22-7-27(36)31(28(37)8-22)33(42)39-13-19-3-2-4-24(32(19)47-18-39)25-10-30(26(34(43)44)9-29(25)38)41-20-5-6-21(41)15-46-14-20/h2-4,7-10,20-21,23H,5-6,11-18H2,1H3,(H,43,44). The first kappa shape index (κ1) is 30.7. The predicted octanol–water partition coefficient (Wildman–Crippen LogP) is 6.47. The number of carbonyl (C=O) groups is 2. The number of ether oxygens (including phenoxy) is 3. The normalized spacial score (nSPS) is 22.9. The van der Waals surface area contributed by atoms with E-state index >= 15 is 4.39 Å². The number of methoxy groups -OCH3 is 1. The molecule has 3 aromatic carbocycles. The fourth-order valence-corrected chi connectivity index (χ4v) is 8.81. The summed E-state index contributed by atoms with van der Waals surface area (Å²) in [5, 5.41) is 10.5. The largest absolute Gasteiger partial charge is 0.478 e. The van der Waals surface area contributed by atoms with Crippen LogP contribution in [0.4, 0.5) is 15.8 Å². The summed E-state index contributed by atoms with van der Waals surface area (Å²) in [4.78, 5) is 31.8. The van der Waals surface area contributed by atoms with E-state index in [1.165, 1.54) is 4.90 Å². The van der Waals surface area contributed by atoms with Crippen LogP contribution in [0.25, 0.3) is 11.1 Å². The molecule has 4 fully saturated rings. The number of carboxylic acid groups (broad SMARTS) is 1. The summed E-state index contributed by atoms with van der Waals surface area (Å²) in [6.45, 7) is 2.91. The van der Waals surface area contributed by atoms with Gasteiger partial charge in [-0.15, -0.1) is 0 Å². The van der Waals surface area contributed by atoms with E-state index in [2.05, 4.69) is 9.80 Å². The van der Waals surface area contributed by atoms with Crippen molar-refractivity contribution in [1.29, 1.82) is 0 Å². The number of hydrogen-bond donors (Lipinski definition) is 1.